The largest absolute Gasteiger partial charge is 0.416 e. The molecule has 0 bridgehead atoms. The number of alkyl halides is 3. The monoisotopic (exact) mass is 300 g/mol. The van der Waals surface area contributed by atoms with Crippen molar-refractivity contribution >= 4 is 0 Å². The van der Waals surface area contributed by atoms with E-state index in [0.29, 0.717) is 12.1 Å². The topological polar surface area (TPSA) is 15.3 Å². The summed E-state index contributed by atoms with van der Waals surface area (Å²) in [6, 6.07) is 6.54. The number of nitrogens with zero attached hydrogens (tertiary/aromatic N) is 1. The van der Waals surface area contributed by atoms with E-state index in [1.54, 1.807) is 12.1 Å². The van der Waals surface area contributed by atoms with Crippen LogP contribution in [0.1, 0.15) is 37.8 Å². The van der Waals surface area contributed by atoms with E-state index < -0.39 is 11.7 Å². The van der Waals surface area contributed by atoms with E-state index in [1.165, 1.54) is 12.1 Å². The van der Waals surface area contributed by atoms with E-state index in [1.807, 2.05) is 0 Å². The van der Waals surface area contributed by atoms with Gasteiger partial charge in [-0.05, 0) is 44.0 Å². The molecule has 2 unspecified atom stereocenters. The summed E-state index contributed by atoms with van der Waals surface area (Å²) in [6.07, 6.45) is -2.07. The molecule has 1 saturated heterocycles. The normalized spacial score (nSPS) is 24.2. The number of piperidine rings is 1. The molecule has 0 aromatic heterocycles. The zero-order chi connectivity index (χ0) is 15.5. The second kappa shape index (κ2) is 6.79. The molecule has 1 aliphatic heterocycles. The molecule has 5 heteroatoms. The molecule has 1 aromatic rings. The summed E-state index contributed by atoms with van der Waals surface area (Å²) in [7, 11) is 0. The van der Waals surface area contributed by atoms with Crippen LogP contribution in [0.4, 0.5) is 13.2 Å². The second-order valence-electron chi connectivity index (χ2n) is 5.79. The molecule has 1 aliphatic rings. The summed E-state index contributed by atoms with van der Waals surface area (Å²) in [5.41, 5.74) is 0.363. The standard InChI is InChI=1S/C16H23F3N2/c1-3-20-15-8-9-21(12(2)10-15)11-13-4-6-14(7-5-13)16(17,18)19/h4-7,12,15,20H,3,8-11H2,1-2H3. The predicted octanol–water partition coefficient (Wildman–Crippen LogP) is 3.67. The highest BCUT2D eigenvalue weighted by Gasteiger charge is 2.30. The van der Waals surface area contributed by atoms with Crippen LogP contribution in [0.3, 0.4) is 0 Å². The van der Waals surface area contributed by atoms with E-state index in [-0.39, 0.29) is 0 Å². The number of hydrogen-bond donors (Lipinski definition) is 1. The highest BCUT2D eigenvalue weighted by molar-refractivity contribution is 5.24. The summed E-state index contributed by atoms with van der Waals surface area (Å²) in [5, 5.41) is 3.47. The van der Waals surface area contributed by atoms with Crippen LogP contribution >= 0.6 is 0 Å². The number of likely N-dealkylation sites (tertiary alicyclic amines) is 1. The summed E-state index contributed by atoms with van der Waals surface area (Å²) in [4.78, 5) is 2.34. The highest BCUT2D eigenvalue weighted by Crippen LogP contribution is 2.29. The van der Waals surface area contributed by atoms with Crippen LogP contribution < -0.4 is 5.32 Å². The van der Waals surface area contributed by atoms with Crippen molar-refractivity contribution in [1.82, 2.24) is 10.2 Å². The Morgan fingerprint density at radius 1 is 1.24 bits per heavy atom. The first-order valence-electron chi connectivity index (χ1n) is 7.53. The van der Waals surface area contributed by atoms with E-state index in [9.17, 15) is 13.2 Å². The molecular formula is C16H23F3N2. The van der Waals surface area contributed by atoms with Gasteiger partial charge in [-0.15, -0.1) is 0 Å². The molecule has 1 aromatic carbocycles. The molecule has 2 atom stereocenters. The molecule has 1 fully saturated rings. The van der Waals surface area contributed by atoms with Gasteiger partial charge in [0.05, 0.1) is 5.56 Å². The summed E-state index contributed by atoms with van der Waals surface area (Å²) < 4.78 is 37.6. The van der Waals surface area contributed by atoms with E-state index in [2.05, 4.69) is 24.1 Å². The fraction of sp³-hybridized carbons (Fsp3) is 0.625. The maximum absolute atomic E-state index is 12.5. The van der Waals surface area contributed by atoms with Gasteiger partial charge in [-0.25, -0.2) is 0 Å². The molecule has 118 valence electrons. The third kappa shape index (κ3) is 4.45. The van der Waals surface area contributed by atoms with Crippen molar-refractivity contribution in [2.45, 2.75) is 51.5 Å². The Hall–Kier alpha value is -1.07. The van der Waals surface area contributed by atoms with Crippen LogP contribution in [0.15, 0.2) is 24.3 Å². The second-order valence-corrected chi connectivity index (χ2v) is 5.79. The lowest BCUT2D eigenvalue weighted by Gasteiger charge is -2.38. The molecule has 1 heterocycles. The van der Waals surface area contributed by atoms with Gasteiger partial charge in [0.1, 0.15) is 0 Å². The van der Waals surface area contributed by atoms with Gasteiger partial charge in [0.15, 0.2) is 0 Å². The van der Waals surface area contributed by atoms with Gasteiger partial charge in [-0.3, -0.25) is 4.90 Å². The fourth-order valence-corrected chi connectivity index (χ4v) is 2.96. The van der Waals surface area contributed by atoms with Gasteiger partial charge < -0.3 is 5.32 Å². The van der Waals surface area contributed by atoms with Crippen molar-refractivity contribution in [3.05, 3.63) is 35.4 Å². The molecule has 2 rings (SSSR count). The van der Waals surface area contributed by atoms with Crippen LogP contribution in [0.2, 0.25) is 0 Å². The molecule has 0 saturated carbocycles. The number of halogens is 3. The molecular weight excluding hydrogens is 277 g/mol. The maximum atomic E-state index is 12.5. The molecule has 21 heavy (non-hydrogen) atoms. The zero-order valence-electron chi connectivity index (χ0n) is 12.6. The third-order valence-corrected chi connectivity index (χ3v) is 4.17. The number of nitrogens with one attached hydrogen (secondary N) is 1. The van der Waals surface area contributed by atoms with Gasteiger partial charge in [0, 0.05) is 25.2 Å². The van der Waals surface area contributed by atoms with Crippen LogP contribution in [0.5, 0.6) is 0 Å². The van der Waals surface area contributed by atoms with Crippen molar-refractivity contribution in [3.63, 3.8) is 0 Å². The van der Waals surface area contributed by atoms with Gasteiger partial charge in [0.25, 0.3) is 0 Å². The van der Waals surface area contributed by atoms with Crippen molar-refractivity contribution in [2.24, 2.45) is 0 Å². The Morgan fingerprint density at radius 3 is 2.43 bits per heavy atom. The molecule has 1 N–H and O–H groups in total. The lowest BCUT2D eigenvalue weighted by atomic mass is 9.97. The van der Waals surface area contributed by atoms with Crippen molar-refractivity contribution in [1.29, 1.82) is 0 Å². The number of rotatable bonds is 4. The third-order valence-electron chi connectivity index (χ3n) is 4.17. The average Bonchev–Trinajstić information content (AvgIpc) is 2.42. The minimum atomic E-state index is -4.25. The van der Waals surface area contributed by atoms with E-state index in [4.69, 9.17) is 0 Å². The van der Waals surface area contributed by atoms with Crippen molar-refractivity contribution in [2.75, 3.05) is 13.1 Å². The Labute approximate surface area is 124 Å². The Balaban J connectivity index is 1.93. The van der Waals surface area contributed by atoms with Crippen LogP contribution in [-0.2, 0) is 12.7 Å². The quantitative estimate of drug-likeness (QED) is 0.913. The van der Waals surface area contributed by atoms with Gasteiger partial charge in [-0.1, -0.05) is 19.1 Å². The van der Waals surface area contributed by atoms with Crippen molar-refractivity contribution in [3.8, 4) is 0 Å². The molecule has 0 aliphatic carbocycles. The number of hydrogen-bond acceptors (Lipinski definition) is 2. The van der Waals surface area contributed by atoms with Gasteiger partial charge in [-0.2, -0.15) is 13.2 Å². The molecule has 0 radical (unpaired) electrons. The maximum Gasteiger partial charge on any atom is 0.416 e. The summed E-state index contributed by atoms with van der Waals surface area (Å²) in [5.74, 6) is 0. The van der Waals surface area contributed by atoms with E-state index >= 15 is 0 Å². The van der Waals surface area contributed by atoms with Crippen LogP contribution in [-0.4, -0.2) is 30.1 Å². The predicted molar refractivity (Wildman–Crippen MR) is 78.0 cm³/mol. The highest BCUT2D eigenvalue weighted by atomic mass is 19.4. The molecule has 2 nitrogen and oxygen atoms in total. The zero-order valence-corrected chi connectivity index (χ0v) is 12.6. The Bertz CT molecular complexity index is 442. The Kier molecular flexibility index (Phi) is 5.27. The molecule has 0 amide bonds. The van der Waals surface area contributed by atoms with Crippen LogP contribution in [0.25, 0.3) is 0 Å². The van der Waals surface area contributed by atoms with Gasteiger partial charge in [0.2, 0.25) is 0 Å². The minimum absolute atomic E-state index is 0.449. The van der Waals surface area contributed by atoms with Crippen molar-refractivity contribution < 1.29 is 13.2 Å². The summed E-state index contributed by atoms with van der Waals surface area (Å²) in [6.45, 7) is 6.99. The first-order chi connectivity index (χ1) is 9.90. The molecule has 0 spiro atoms. The smallest absolute Gasteiger partial charge is 0.314 e. The first kappa shape index (κ1) is 16.3. The average molecular weight is 300 g/mol. The Morgan fingerprint density at radius 2 is 1.90 bits per heavy atom. The number of benzene rings is 1. The minimum Gasteiger partial charge on any atom is -0.314 e. The lowest BCUT2D eigenvalue weighted by Crippen LogP contribution is -2.46. The SMILES string of the molecule is CCNC1CCN(Cc2ccc(C(F)(F)F)cc2)C(C)C1. The van der Waals surface area contributed by atoms with Gasteiger partial charge >= 0.3 is 6.18 Å². The fourth-order valence-electron chi connectivity index (χ4n) is 2.96. The van der Waals surface area contributed by atoms with Crippen LogP contribution in [0, 0.1) is 0 Å². The van der Waals surface area contributed by atoms with E-state index in [0.717, 1.165) is 38.0 Å². The lowest BCUT2D eigenvalue weighted by molar-refractivity contribution is -0.137. The first-order valence-corrected chi connectivity index (χ1v) is 7.53. The summed E-state index contributed by atoms with van der Waals surface area (Å²) >= 11 is 0.